The van der Waals surface area contributed by atoms with Crippen molar-refractivity contribution in [2.75, 3.05) is 0 Å². The van der Waals surface area contributed by atoms with Gasteiger partial charge in [-0.2, -0.15) is 0 Å². The van der Waals surface area contributed by atoms with Gasteiger partial charge in [0.15, 0.2) is 5.78 Å². The molecule has 1 N–H and O–H groups in total. The maximum absolute atomic E-state index is 13.2. The van der Waals surface area contributed by atoms with Crippen LogP contribution in [0.4, 0.5) is 0 Å². The number of carbonyl (C=O) groups excluding carboxylic acids is 3. The standard InChI is InChI=1S/C24H24O4/c1-15(25)22-21(28)14-20(18-10-6-4-7-11-18)24(16(2)26,17(3)27)23(22)19-12-8-5-9-13-19/h4-13,20,23,28H,14H2,1-3H3/t20-,23?/m0/s1. The van der Waals surface area contributed by atoms with Crippen LogP contribution in [0.2, 0.25) is 0 Å². The second-order valence-corrected chi connectivity index (χ2v) is 7.41. The van der Waals surface area contributed by atoms with Crippen LogP contribution < -0.4 is 0 Å². The van der Waals surface area contributed by atoms with E-state index in [4.69, 9.17) is 0 Å². The zero-order valence-electron chi connectivity index (χ0n) is 16.3. The molecule has 0 saturated carbocycles. The van der Waals surface area contributed by atoms with Crippen LogP contribution >= 0.6 is 0 Å². The molecule has 0 amide bonds. The van der Waals surface area contributed by atoms with E-state index in [0.717, 1.165) is 5.56 Å². The highest BCUT2D eigenvalue weighted by molar-refractivity contribution is 6.10. The van der Waals surface area contributed by atoms with Gasteiger partial charge in [0.1, 0.15) is 22.7 Å². The van der Waals surface area contributed by atoms with E-state index in [1.165, 1.54) is 20.8 Å². The number of rotatable bonds is 5. The third-order valence-electron chi connectivity index (χ3n) is 5.88. The van der Waals surface area contributed by atoms with Gasteiger partial charge in [-0.15, -0.1) is 0 Å². The first-order valence-electron chi connectivity index (χ1n) is 9.36. The molecule has 0 heterocycles. The SMILES string of the molecule is CC(=O)C1=C(O)C[C@@H](c2ccccc2)C(C(C)=O)(C(C)=O)C1c1ccccc1. The van der Waals surface area contributed by atoms with E-state index >= 15 is 0 Å². The molecule has 0 saturated heterocycles. The normalized spacial score (nSPS) is 21.2. The third-order valence-corrected chi connectivity index (χ3v) is 5.88. The summed E-state index contributed by atoms with van der Waals surface area (Å²) in [5.41, 5.74) is 0.160. The topological polar surface area (TPSA) is 71.4 Å². The number of aliphatic hydroxyl groups excluding tert-OH is 1. The predicted molar refractivity (Wildman–Crippen MR) is 107 cm³/mol. The van der Waals surface area contributed by atoms with Crippen molar-refractivity contribution in [1.82, 2.24) is 0 Å². The molecule has 0 bridgehead atoms. The molecule has 2 aromatic carbocycles. The van der Waals surface area contributed by atoms with E-state index in [-0.39, 0.29) is 35.1 Å². The molecule has 1 aliphatic carbocycles. The Labute approximate surface area is 164 Å². The van der Waals surface area contributed by atoms with Crippen LogP contribution in [0, 0.1) is 5.41 Å². The lowest BCUT2D eigenvalue weighted by molar-refractivity contribution is -0.142. The summed E-state index contributed by atoms with van der Waals surface area (Å²) in [6, 6.07) is 18.3. The Kier molecular flexibility index (Phi) is 5.32. The molecule has 0 aliphatic heterocycles. The van der Waals surface area contributed by atoms with Gasteiger partial charge in [-0.25, -0.2) is 0 Å². The molecule has 3 rings (SSSR count). The van der Waals surface area contributed by atoms with Gasteiger partial charge in [0, 0.05) is 23.8 Å². The van der Waals surface area contributed by atoms with Crippen molar-refractivity contribution < 1.29 is 19.5 Å². The number of aliphatic hydroxyl groups is 1. The van der Waals surface area contributed by atoms with Crippen molar-refractivity contribution in [3.63, 3.8) is 0 Å². The Morgan fingerprint density at radius 1 is 0.821 bits per heavy atom. The number of hydrogen-bond acceptors (Lipinski definition) is 4. The average molecular weight is 376 g/mol. The Morgan fingerprint density at radius 3 is 1.71 bits per heavy atom. The van der Waals surface area contributed by atoms with Crippen LogP contribution in [-0.2, 0) is 14.4 Å². The van der Waals surface area contributed by atoms with Gasteiger partial charge in [-0.3, -0.25) is 14.4 Å². The highest BCUT2D eigenvalue weighted by atomic mass is 16.3. The lowest BCUT2D eigenvalue weighted by atomic mass is 9.52. The zero-order chi connectivity index (χ0) is 20.5. The van der Waals surface area contributed by atoms with Crippen molar-refractivity contribution in [2.45, 2.75) is 39.0 Å². The molecule has 2 atom stereocenters. The lowest BCUT2D eigenvalue weighted by Gasteiger charge is -2.47. The van der Waals surface area contributed by atoms with Crippen molar-refractivity contribution in [3.05, 3.63) is 83.1 Å². The maximum Gasteiger partial charge on any atom is 0.159 e. The molecular weight excluding hydrogens is 352 g/mol. The Morgan fingerprint density at radius 2 is 1.29 bits per heavy atom. The summed E-state index contributed by atoms with van der Waals surface area (Å²) >= 11 is 0. The fourth-order valence-electron chi connectivity index (χ4n) is 4.75. The summed E-state index contributed by atoms with van der Waals surface area (Å²) in [5.74, 6) is -2.36. The molecular formula is C24H24O4. The van der Waals surface area contributed by atoms with Crippen LogP contribution in [0.1, 0.15) is 50.2 Å². The van der Waals surface area contributed by atoms with Gasteiger partial charge in [0.2, 0.25) is 0 Å². The molecule has 1 aliphatic rings. The van der Waals surface area contributed by atoms with Gasteiger partial charge in [0.05, 0.1) is 0 Å². The molecule has 2 aromatic rings. The summed E-state index contributed by atoms with van der Waals surface area (Å²) in [6.07, 6.45) is 0.0709. The third kappa shape index (κ3) is 2.99. The van der Waals surface area contributed by atoms with Crippen molar-refractivity contribution >= 4 is 17.3 Å². The molecule has 0 spiro atoms. The van der Waals surface area contributed by atoms with Crippen molar-refractivity contribution in [3.8, 4) is 0 Å². The smallest absolute Gasteiger partial charge is 0.159 e. The van der Waals surface area contributed by atoms with Gasteiger partial charge in [0.25, 0.3) is 0 Å². The molecule has 1 unspecified atom stereocenters. The average Bonchev–Trinajstić information content (AvgIpc) is 2.67. The minimum Gasteiger partial charge on any atom is -0.512 e. The Bertz CT molecular complexity index is 927. The van der Waals surface area contributed by atoms with E-state index in [9.17, 15) is 19.5 Å². The first-order chi connectivity index (χ1) is 13.3. The quantitative estimate of drug-likeness (QED) is 0.779. The largest absolute Gasteiger partial charge is 0.512 e. The number of ketones is 3. The van der Waals surface area contributed by atoms with Crippen LogP contribution in [-0.4, -0.2) is 22.5 Å². The van der Waals surface area contributed by atoms with Crippen LogP contribution in [0.15, 0.2) is 72.0 Å². The first-order valence-corrected chi connectivity index (χ1v) is 9.36. The molecule has 0 aromatic heterocycles. The van der Waals surface area contributed by atoms with E-state index in [1.807, 2.05) is 36.4 Å². The maximum atomic E-state index is 13.2. The molecule has 0 radical (unpaired) electrons. The number of benzene rings is 2. The van der Waals surface area contributed by atoms with Crippen LogP contribution in [0.3, 0.4) is 0 Å². The zero-order valence-corrected chi connectivity index (χ0v) is 16.3. The summed E-state index contributed by atoms with van der Waals surface area (Å²) in [6.45, 7) is 4.19. The molecule has 144 valence electrons. The van der Waals surface area contributed by atoms with Crippen LogP contribution in [0.25, 0.3) is 0 Å². The molecule has 0 fully saturated rings. The summed E-state index contributed by atoms with van der Waals surface area (Å²) < 4.78 is 0. The fourth-order valence-corrected chi connectivity index (χ4v) is 4.75. The monoisotopic (exact) mass is 376 g/mol. The van der Waals surface area contributed by atoms with Gasteiger partial charge >= 0.3 is 0 Å². The number of Topliss-reactive ketones (excluding diaryl/α,β-unsaturated/α-hetero) is 3. The summed E-state index contributed by atoms with van der Waals surface area (Å²) in [7, 11) is 0. The van der Waals surface area contributed by atoms with Crippen molar-refractivity contribution in [2.24, 2.45) is 5.41 Å². The Hall–Kier alpha value is -3.01. The van der Waals surface area contributed by atoms with Crippen LogP contribution in [0.5, 0.6) is 0 Å². The number of hydrogen-bond donors (Lipinski definition) is 1. The van der Waals surface area contributed by atoms with Crippen molar-refractivity contribution in [1.29, 1.82) is 0 Å². The lowest BCUT2D eigenvalue weighted by Crippen LogP contribution is -2.51. The minimum atomic E-state index is -1.46. The van der Waals surface area contributed by atoms with E-state index in [0.29, 0.717) is 5.56 Å². The van der Waals surface area contributed by atoms with Gasteiger partial charge in [-0.05, 0) is 31.9 Å². The molecule has 4 heteroatoms. The van der Waals surface area contributed by atoms with Gasteiger partial charge in [-0.1, -0.05) is 60.7 Å². The minimum absolute atomic E-state index is 0.0478. The van der Waals surface area contributed by atoms with E-state index in [1.54, 1.807) is 24.3 Å². The second-order valence-electron chi connectivity index (χ2n) is 7.41. The molecule has 28 heavy (non-hydrogen) atoms. The summed E-state index contributed by atoms with van der Waals surface area (Å²) in [4.78, 5) is 38.9. The van der Waals surface area contributed by atoms with E-state index < -0.39 is 17.3 Å². The van der Waals surface area contributed by atoms with Gasteiger partial charge < -0.3 is 5.11 Å². The predicted octanol–water partition coefficient (Wildman–Crippen LogP) is 4.52. The number of allylic oxidation sites excluding steroid dienone is 2. The second kappa shape index (κ2) is 7.55. The Balaban J connectivity index is 2.41. The summed E-state index contributed by atoms with van der Waals surface area (Å²) in [5, 5.41) is 10.8. The first kappa shape index (κ1) is 19.7. The number of carbonyl (C=O) groups is 3. The molecule has 4 nitrogen and oxygen atoms in total. The van der Waals surface area contributed by atoms with E-state index in [2.05, 4.69) is 0 Å². The highest BCUT2D eigenvalue weighted by Crippen LogP contribution is 2.57. The fraction of sp³-hybridized carbons (Fsp3) is 0.292. The highest BCUT2D eigenvalue weighted by Gasteiger charge is 2.59.